The molecule has 1 rings (SSSR count). The van der Waals surface area contributed by atoms with Gasteiger partial charge in [0.2, 0.25) is 11.8 Å². The Morgan fingerprint density at radius 3 is 2.04 bits per heavy atom. The van der Waals surface area contributed by atoms with E-state index in [0.29, 0.717) is 6.54 Å². The number of benzene rings is 1. The quantitative estimate of drug-likeness (QED) is 0.685. The number of likely N-dealkylation sites (N-methyl/N-ethyl adjacent to an activating group) is 1. The van der Waals surface area contributed by atoms with Crippen LogP contribution in [-0.2, 0) is 9.59 Å². The highest BCUT2D eigenvalue weighted by molar-refractivity contribution is 6.50. The molecule has 0 fully saturated rings. The predicted octanol–water partition coefficient (Wildman–Crippen LogP) is 4.04. The minimum Gasteiger partial charge on any atom is -0.348 e. The second-order valence-electron chi connectivity index (χ2n) is 5.39. The fraction of sp³-hybridized carbons (Fsp3) is 0.467. The molecule has 0 heterocycles. The van der Waals surface area contributed by atoms with Crippen molar-refractivity contribution >= 4 is 63.9 Å². The van der Waals surface area contributed by atoms with E-state index in [1.165, 1.54) is 11.0 Å². The van der Waals surface area contributed by atoms with E-state index < -0.39 is 0 Å². The predicted molar refractivity (Wildman–Crippen MR) is 101 cm³/mol. The molecule has 0 saturated heterocycles. The van der Waals surface area contributed by atoms with Crippen LogP contribution in [0.25, 0.3) is 0 Å². The van der Waals surface area contributed by atoms with Gasteiger partial charge in [-0.2, -0.15) is 0 Å². The van der Waals surface area contributed by atoms with Crippen LogP contribution in [-0.4, -0.2) is 55.3 Å². The molecule has 5 nitrogen and oxygen atoms in total. The molecule has 1 aromatic carbocycles. The first-order valence-corrected chi connectivity index (χ1v) is 8.73. The number of hydrogen-bond donors (Lipinski definition) is 1. The summed E-state index contributed by atoms with van der Waals surface area (Å²) in [6.45, 7) is 2.73. The Morgan fingerprint density at radius 1 is 1.04 bits per heavy atom. The van der Waals surface area contributed by atoms with Crippen molar-refractivity contribution < 1.29 is 9.59 Å². The zero-order valence-corrected chi connectivity index (χ0v) is 16.7. The number of anilines is 1. The van der Waals surface area contributed by atoms with Crippen molar-refractivity contribution in [3.05, 3.63) is 26.2 Å². The number of hydrogen-bond acceptors (Lipinski definition) is 3. The summed E-state index contributed by atoms with van der Waals surface area (Å²) in [6, 6.07) is 1.41. The SMILES string of the molecule is CCCN(CC(=O)Nc1c(Cl)c(Cl)cc(Cl)c1Cl)CC(=O)N(C)C. The lowest BCUT2D eigenvalue weighted by atomic mass is 10.3. The van der Waals surface area contributed by atoms with E-state index in [1.54, 1.807) is 19.0 Å². The van der Waals surface area contributed by atoms with E-state index in [0.717, 1.165) is 6.42 Å². The molecule has 0 atom stereocenters. The molecule has 0 radical (unpaired) electrons. The first-order chi connectivity index (χ1) is 11.2. The summed E-state index contributed by atoms with van der Waals surface area (Å²) in [4.78, 5) is 27.4. The molecule has 0 bridgehead atoms. The van der Waals surface area contributed by atoms with Crippen LogP contribution in [0.15, 0.2) is 6.07 Å². The summed E-state index contributed by atoms with van der Waals surface area (Å²) in [7, 11) is 3.33. The van der Waals surface area contributed by atoms with E-state index in [2.05, 4.69) is 5.32 Å². The third-order valence-electron chi connectivity index (χ3n) is 3.14. The van der Waals surface area contributed by atoms with Crippen molar-refractivity contribution in [2.24, 2.45) is 0 Å². The smallest absolute Gasteiger partial charge is 0.238 e. The van der Waals surface area contributed by atoms with Crippen LogP contribution in [0.2, 0.25) is 20.1 Å². The summed E-state index contributed by atoms with van der Waals surface area (Å²) < 4.78 is 0. The Kier molecular flexibility index (Phi) is 8.60. The summed E-state index contributed by atoms with van der Waals surface area (Å²) in [5.74, 6) is -0.449. The second-order valence-corrected chi connectivity index (χ2v) is 6.96. The van der Waals surface area contributed by atoms with Gasteiger partial charge in [-0.05, 0) is 19.0 Å². The molecule has 9 heteroatoms. The molecule has 1 aromatic rings. The molecule has 134 valence electrons. The number of halogens is 4. The molecule has 0 aliphatic heterocycles. The molecule has 24 heavy (non-hydrogen) atoms. The van der Waals surface area contributed by atoms with E-state index in [1.807, 2.05) is 6.92 Å². The lowest BCUT2D eigenvalue weighted by Gasteiger charge is -2.22. The fourth-order valence-corrected chi connectivity index (χ4v) is 2.83. The number of rotatable bonds is 7. The van der Waals surface area contributed by atoms with Crippen molar-refractivity contribution in [2.75, 3.05) is 39.0 Å². The Morgan fingerprint density at radius 2 is 1.58 bits per heavy atom. The summed E-state index contributed by atoms with van der Waals surface area (Å²) in [5.41, 5.74) is 0.163. The van der Waals surface area contributed by atoms with Crippen LogP contribution in [0, 0.1) is 0 Å². The number of amides is 2. The van der Waals surface area contributed by atoms with Gasteiger partial charge >= 0.3 is 0 Å². The van der Waals surface area contributed by atoms with Crippen LogP contribution >= 0.6 is 46.4 Å². The minimum absolute atomic E-state index is 0.0181. The minimum atomic E-state index is -0.364. The van der Waals surface area contributed by atoms with Gasteiger partial charge < -0.3 is 10.2 Å². The maximum atomic E-state index is 12.3. The number of carbonyl (C=O) groups excluding carboxylic acids is 2. The Balaban J connectivity index is 2.85. The van der Waals surface area contributed by atoms with Crippen molar-refractivity contribution in [2.45, 2.75) is 13.3 Å². The zero-order valence-electron chi connectivity index (χ0n) is 13.6. The highest BCUT2D eigenvalue weighted by Gasteiger charge is 2.19. The summed E-state index contributed by atoms with van der Waals surface area (Å²) in [6.07, 6.45) is 0.804. The lowest BCUT2D eigenvalue weighted by molar-refractivity contribution is -0.130. The first kappa shape index (κ1) is 21.3. The number of nitrogens with zero attached hydrogens (tertiary/aromatic N) is 2. The molecule has 0 unspecified atom stereocenters. The average molecular weight is 415 g/mol. The zero-order chi connectivity index (χ0) is 18.4. The van der Waals surface area contributed by atoms with Crippen molar-refractivity contribution in [1.29, 1.82) is 0 Å². The monoisotopic (exact) mass is 413 g/mol. The first-order valence-electron chi connectivity index (χ1n) is 7.22. The van der Waals surface area contributed by atoms with Gasteiger partial charge in [0.1, 0.15) is 0 Å². The third kappa shape index (κ3) is 5.97. The molecule has 0 saturated carbocycles. The van der Waals surface area contributed by atoms with Crippen LogP contribution in [0.5, 0.6) is 0 Å². The number of nitrogens with one attached hydrogen (secondary N) is 1. The lowest BCUT2D eigenvalue weighted by Crippen LogP contribution is -2.41. The van der Waals surface area contributed by atoms with Crippen LogP contribution in [0.3, 0.4) is 0 Å². The van der Waals surface area contributed by atoms with Crippen molar-refractivity contribution in [3.8, 4) is 0 Å². The fourth-order valence-electron chi connectivity index (χ4n) is 1.93. The van der Waals surface area contributed by atoms with Gasteiger partial charge in [-0.25, -0.2) is 0 Å². The third-order valence-corrected chi connectivity index (χ3v) is 4.72. The topological polar surface area (TPSA) is 52.7 Å². The van der Waals surface area contributed by atoms with Gasteiger partial charge in [-0.1, -0.05) is 53.3 Å². The van der Waals surface area contributed by atoms with Crippen LogP contribution in [0.1, 0.15) is 13.3 Å². The van der Waals surface area contributed by atoms with Gasteiger partial charge in [0.25, 0.3) is 0 Å². The summed E-state index contributed by atoms with van der Waals surface area (Å²) >= 11 is 24.0. The van der Waals surface area contributed by atoms with E-state index >= 15 is 0 Å². The highest BCUT2D eigenvalue weighted by atomic mass is 35.5. The van der Waals surface area contributed by atoms with Gasteiger partial charge in [0, 0.05) is 14.1 Å². The largest absolute Gasteiger partial charge is 0.348 e. The van der Waals surface area contributed by atoms with Gasteiger partial charge in [0.05, 0.1) is 38.9 Å². The van der Waals surface area contributed by atoms with E-state index in [9.17, 15) is 9.59 Å². The Labute approximate surface area is 161 Å². The molecule has 0 aliphatic carbocycles. The maximum Gasteiger partial charge on any atom is 0.238 e. The van der Waals surface area contributed by atoms with E-state index in [4.69, 9.17) is 46.4 Å². The molecule has 1 N–H and O–H groups in total. The molecule has 0 spiro atoms. The van der Waals surface area contributed by atoms with Crippen molar-refractivity contribution in [3.63, 3.8) is 0 Å². The Hall–Kier alpha value is -0.720. The average Bonchev–Trinajstić information content (AvgIpc) is 2.49. The molecule has 0 aliphatic rings. The Bertz CT molecular complexity index is 597. The second kappa shape index (κ2) is 9.68. The maximum absolute atomic E-state index is 12.3. The van der Waals surface area contributed by atoms with Crippen LogP contribution in [0.4, 0.5) is 5.69 Å². The van der Waals surface area contributed by atoms with Gasteiger partial charge in [-0.15, -0.1) is 0 Å². The van der Waals surface area contributed by atoms with E-state index in [-0.39, 0.29) is 50.7 Å². The van der Waals surface area contributed by atoms with Crippen LogP contribution < -0.4 is 5.32 Å². The van der Waals surface area contributed by atoms with Crippen molar-refractivity contribution in [1.82, 2.24) is 9.80 Å². The normalized spacial score (nSPS) is 10.8. The number of carbonyl (C=O) groups is 2. The van der Waals surface area contributed by atoms with Gasteiger partial charge in [-0.3, -0.25) is 14.5 Å². The standard InChI is InChI=1S/C15H19Cl4N3O2/c1-4-5-22(8-12(24)21(2)3)7-11(23)20-15-13(18)9(16)6-10(17)14(15)19/h6H,4-5,7-8H2,1-3H3,(H,20,23). The molecular formula is C15H19Cl4N3O2. The van der Waals surface area contributed by atoms with Gasteiger partial charge in [0.15, 0.2) is 0 Å². The molecule has 0 aromatic heterocycles. The molecule has 2 amide bonds. The summed E-state index contributed by atoms with van der Waals surface area (Å²) in [5, 5.41) is 3.23. The highest BCUT2D eigenvalue weighted by Crippen LogP contribution is 2.40. The molecular weight excluding hydrogens is 396 g/mol.